The molecule has 0 amide bonds. The van der Waals surface area contributed by atoms with Gasteiger partial charge in [-0.25, -0.2) is 9.67 Å². The number of aromatic amines is 1. The fourth-order valence-corrected chi connectivity index (χ4v) is 3.02. The van der Waals surface area contributed by atoms with Crippen LogP contribution in [0.4, 0.5) is 0 Å². The van der Waals surface area contributed by atoms with Gasteiger partial charge in [-0.2, -0.15) is 10.3 Å². The topological polar surface area (TPSA) is 90.1 Å². The number of H-pyrrole nitrogens is 1. The summed E-state index contributed by atoms with van der Waals surface area (Å²) in [6, 6.07) is 10.2. The molecule has 0 unspecified atom stereocenters. The molecule has 0 bridgehead atoms. The number of hydrogen-bond acceptors (Lipinski definition) is 5. The molecule has 3 aromatic heterocycles. The second-order valence-corrected chi connectivity index (χ2v) is 6.61. The molecule has 0 aliphatic carbocycles. The minimum absolute atomic E-state index is 0.431. The largest absolute Gasteiger partial charge is 0.323 e. The van der Waals surface area contributed by atoms with Gasteiger partial charge in [0, 0.05) is 30.1 Å². The molecule has 0 aliphatic heterocycles. The van der Waals surface area contributed by atoms with E-state index in [9.17, 15) is 0 Å². The maximum atomic E-state index is 6.22. The van der Waals surface area contributed by atoms with Crippen molar-refractivity contribution in [2.45, 2.75) is 32.7 Å². The lowest BCUT2D eigenvalue weighted by Crippen LogP contribution is -2.03. The number of rotatable bonds is 7. The van der Waals surface area contributed by atoms with Crippen LogP contribution in [0.15, 0.2) is 42.7 Å². The van der Waals surface area contributed by atoms with Gasteiger partial charge >= 0.3 is 0 Å². The lowest BCUT2D eigenvalue weighted by Gasteiger charge is -2.06. The lowest BCUT2D eigenvalue weighted by molar-refractivity contribution is 0.661. The quantitative estimate of drug-likeness (QED) is 0.529. The summed E-state index contributed by atoms with van der Waals surface area (Å²) in [4.78, 5) is 4.33. The van der Waals surface area contributed by atoms with E-state index in [1.807, 2.05) is 23.0 Å². The Kier molecular flexibility index (Phi) is 4.97. The van der Waals surface area contributed by atoms with Crippen LogP contribution in [-0.2, 0) is 13.0 Å². The van der Waals surface area contributed by atoms with Gasteiger partial charge in [0.25, 0.3) is 0 Å². The summed E-state index contributed by atoms with van der Waals surface area (Å²) in [5, 5.41) is 19.0. The van der Waals surface area contributed by atoms with Gasteiger partial charge in [0.2, 0.25) is 11.1 Å². The highest BCUT2D eigenvalue weighted by atomic mass is 35.5. The highest BCUT2D eigenvalue weighted by Crippen LogP contribution is 2.18. The maximum absolute atomic E-state index is 6.22. The van der Waals surface area contributed by atoms with E-state index in [1.54, 1.807) is 4.68 Å². The third-order valence-corrected chi connectivity index (χ3v) is 4.57. The molecule has 8 nitrogen and oxygen atoms in total. The van der Waals surface area contributed by atoms with E-state index in [1.165, 1.54) is 0 Å². The molecular formula is C18H19ClN8. The third kappa shape index (κ3) is 3.90. The maximum Gasteiger partial charge on any atom is 0.221 e. The number of unbranched alkanes of at least 4 members (excludes halogenated alkanes) is 1. The van der Waals surface area contributed by atoms with E-state index in [0.29, 0.717) is 17.7 Å². The number of nitrogens with one attached hydrogen (secondary N) is 1. The first-order chi connectivity index (χ1) is 13.2. The molecule has 0 spiro atoms. The summed E-state index contributed by atoms with van der Waals surface area (Å²) in [6.07, 6.45) is 6.97. The van der Waals surface area contributed by atoms with Gasteiger partial charge in [-0.3, -0.25) is 0 Å². The van der Waals surface area contributed by atoms with Crippen LogP contribution in [0.25, 0.3) is 17.1 Å². The molecule has 0 radical (unpaired) electrons. The molecule has 0 saturated heterocycles. The first kappa shape index (κ1) is 17.4. The summed E-state index contributed by atoms with van der Waals surface area (Å²) in [6.45, 7) is 2.74. The average molecular weight is 383 g/mol. The predicted octanol–water partition coefficient (Wildman–Crippen LogP) is 3.29. The van der Waals surface area contributed by atoms with Crippen molar-refractivity contribution >= 4 is 11.6 Å². The van der Waals surface area contributed by atoms with Gasteiger partial charge in [-0.15, -0.1) is 10.2 Å². The fraction of sp³-hybridized carbons (Fsp3) is 0.278. The van der Waals surface area contributed by atoms with Crippen LogP contribution in [0.1, 0.15) is 31.2 Å². The molecule has 4 aromatic rings. The summed E-state index contributed by atoms with van der Waals surface area (Å²) < 4.78 is 3.76. The Morgan fingerprint density at radius 2 is 2.00 bits per heavy atom. The first-order valence-corrected chi connectivity index (χ1v) is 9.21. The molecule has 1 N–H and O–H groups in total. The summed E-state index contributed by atoms with van der Waals surface area (Å²) in [5.74, 6) is 1.38. The fourth-order valence-electron chi connectivity index (χ4n) is 2.83. The van der Waals surface area contributed by atoms with Gasteiger partial charge in [0.15, 0.2) is 5.82 Å². The van der Waals surface area contributed by atoms with Crippen molar-refractivity contribution in [2.24, 2.45) is 0 Å². The highest BCUT2D eigenvalue weighted by Gasteiger charge is 2.09. The Balaban J connectivity index is 1.47. The number of halogens is 1. The van der Waals surface area contributed by atoms with Gasteiger partial charge < -0.3 is 4.57 Å². The van der Waals surface area contributed by atoms with Crippen molar-refractivity contribution in [3.63, 3.8) is 0 Å². The third-order valence-electron chi connectivity index (χ3n) is 4.29. The van der Waals surface area contributed by atoms with Gasteiger partial charge in [0.1, 0.15) is 0 Å². The van der Waals surface area contributed by atoms with E-state index in [-0.39, 0.29) is 0 Å². The van der Waals surface area contributed by atoms with Crippen LogP contribution in [-0.4, -0.2) is 40.0 Å². The standard InChI is InChI=1S/C18H19ClN8/c1-2-3-4-16-20-18(19)27(23-16)11-13-5-7-15(8-6-13)26-10-9-14(12-26)17-21-24-25-22-17/h5-10,12H,2-4,11H2,1H3,(H,21,22,24,25). The second-order valence-electron chi connectivity index (χ2n) is 6.27. The molecule has 1 aromatic carbocycles. The minimum Gasteiger partial charge on any atom is -0.323 e. The molecule has 138 valence electrons. The number of benzene rings is 1. The molecule has 3 heterocycles. The van der Waals surface area contributed by atoms with Crippen molar-refractivity contribution in [3.05, 3.63) is 59.4 Å². The van der Waals surface area contributed by atoms with Gasteiger partial charge in [-0.1, -0.05) is 25.5 Å². The Morgan fingerprint density at radius 1 is 1.15 bits per heavy atom. The Bertz CT molecular complexity index is 1000. The van der Waals surface area contributed by atoms with Crippen molar-refractivity contribution in [2.75, 3.05) is 0 Å². The predicted molar refractivity (Wildman–Crippen MR) is 102 cm³/mol. The molecule has 0 saturated carbocycles. The Labute approximate surface area is 161 Å². The van der Waals surface area contributed by atoms with E-state index in [0.717, 1.165) is 41.9 Å². The summed E-state index contributed by atoms with van der Waals surface area (Å²) in [7, 11) is 0. The van der Waals surface area contributed by atoms with Crippen molar-refractivity contribution in [1.82, 2.24) is 40.0 Å². The van der Waals surface area contributed by atoms with Gasteiger partial charge in [-0.05, 0) is 47.0 Å². The van der Waals surface area contributed by atoms with E-state index in [2.05, 4.69) is 61.9 Å². The molecule has 27 heavy (non-hydrogen) atoms. The smallest absolute Gasteiger partial charge is 0.221 e. The Morgan fingerprint density at radius 3 is 2.74 bits per heavy atom. The number of nitrogens with zero attached hydrogens (tertiary/aromatic N) is 7. The van der Waals surface area contributed by atoms with E-state index in [4.69, 9.17) is 11.6 Å². The number of aromatic nitrogens is 8. The van der Waals surface area contributed by atoms with Crippen LogP contribution >= 0.6 is 11.6 Å². The zero-order valence-corrected chi connectivity index (χ0v) is 15.6. The number of tetrazole rings is 1. The second kappa shape index (κ2) is 7.71. The highest BCUT2D eigenvalue weighted by molar-refractivity contribution is 6.28. The van der Waals surface area contributed by atoms with E-state index >= 15 is 0 Å². The number of aryl methyl sites for hydroxylation is 1. The van der Waals surface area contributed by atoms with Crippen molar-refractivity contribution < 1.29 is 0 Å². The average Bonchev–Trinajstić information content (AvgIpc) is 3.42. The first-order valence-electron chi connectivity index (χ1n) is 8.83. The molecular weight excluding hydrogens is 364 g/mol. The Hall–Kier alpha value is -3.00. The van der Waals surface area contributed by atoms with Gasteiger partial charge in [0.05, 0.1) is 6.54 Å². The van der Waals surface area contributed by atoms with E-state index < -0.39 is 0 Å². The van der Waals surface area contributed by atoms with Crippen molar-refractivity contribution in [3.8, 4) is 17.1 Å². The zero-order valence-electron chi connectivity index (χ0n) is 14.9. The SMILES string of the molecule is CCCCc1nc(Cl)n(Cc2ccc(-n3ccc(-c4nn[nH]n4)c3)cc2)n1. The van der Waals surface area contributed by atoms with Crippen LogP contribution in [0.5, 0.6) is 0 Å². The normalized spacial score (nSPS) is 11.2. The zero-order chi connectivity index (χ0) is 18.6. The molecule has 0 fully saturated rings. The summed E-state index contributed by atoms with van der Waals surface area (Å²) in [5.41, 5.74) is 3.06. The monoisotopic (exact) mass is 382 g/mol. The lowest BCUT2D eigenvalue weighted by atomic mass is 10.2. The van der Waals surface area contributed by atoms with Crippen LogP contribution in [0.2, 0.25) is 5.28 Å². The molecule has 9 heteroatoms. The number of hydrogen-bond donors (Lipinski definition) is 1. The van der Waals surface area contributed by atoms with Crippen molar-refractivity contribution in [1.29, 1.82) is 0 Å². The minimum atomic E-state index is 0.431. The molecule has 4 rings (SSSR count). The molecule has 0 atom stereocenters. The van der Waals surface area contributed by atoms with Crippen LogP contribution in [0, 0.1) is 0 Å². The molecule has 0 aliphatic rings. The van der Waals surface area contributed by atoms with Crippen LogP contribution in [0.3, 0.4) is 0 Å². The van der Waals surface area contributed by atoms with Crippen LogP contribution < -0.4 is 0 Å². The summed E-state index contributed by atoms with van der Waals surface area (Å²) >= 11 is 6.22.